The Morgan fingerprint density at radius 3 is 2.68 bits per heavy atom. The van der Waals surface area contributed by atoms with Crippen LogP contribution in [0.25, 0.3) is 10.9 Å². The number of benzene rings is 1. The first-order valence-electron chi connectivity index (χ1n) is 7.89. The predicted octanol–water partition coefficient (Wildman–Crippen LogP) is 2.62. The average Bonchev–Trinajstić information content (AvgIpc) is 3.01. The summed E-state index contributed by atoms with van der Waals surface area (Å²) in [5.41, 5.74) is 1.67. The summed E-state index contributed by atoms with van der Waals surface area (Å²) in [6.45, 7) is 6.36. The lowest BCUT2D eigenvalue weighted by Gasteiger charge is -2.13. The van der Waals surface area contributed by atoms with Crippen LogP contribution < -0.4 is 10.9 Å². The Morgan fingerprint density at radius 1 is 1.24 bits per heavy atom. The molecule has 0 atom stereocenters. The van der Waals surface area contributed by atoms with Gasteiger partial charge in [0.25, 0.3) is 5.91 Å². The standard InChI is InChI=1S/C18H19FN4O2/c1-18(2,3)15-7-11(22-23-15)9-20-17(25)13-8-16(24)21-14-5-4-10(19)6-12(13)14/h4-8H,9H2,1-3H3,(H,20,25)(H,21,24)(H,22,23). The van der Waals surface area contributed by atoms with E-state index in [1.54, 1.807) is 0 Å². The molecule has 0 saturated carbocycles. The van der Waals surface area contributed by atoms with Crippen LogP contribution in [0.1, 0.15) is 42.5 Å². The minimum absolute atomic E-state index is 0.0980. The molecule has 0 spiro atoms. The number of rotatable bonds is 3. The molecule has 3 aromatic rings. The van der Waals surface area contributed by atoms with Crippen molar-refractivity contribution >= 4 is 16.8 Å². The highest BCUT2D eigenvalue weighted by molar-refractivity contribution is 6.05. The Hall–Kier alpha value is -2.96. The summed E-state index contributed by atoms with van der Waals surface area (Å²) in [5.74, 6) is -0.925. The van der Waals surface area contributed by atoms with Gasteiger partial charge in [-0.15, -0.1) is 0 Å². The van der Waals surface area contributed by atoms with Crippen molar-refractivity contribution in [1.29, 1.82) is 0 Å². The Labute approximate surface area is 143 Å². The van der Waals surface area contributed by atoms with Crippen LogP contribution in [0.5, 0.6) is 0 Å². The fourth-order valence-electron chi connectivity index (χ4n) is 2.52. The van der Waals surface area contributed by atoms with Gasteiger partial charge in [0.2, 0.25) is 5.56 Å². The fourth-order valence-corrected chi connectivity index (χ4v) is 2.52. The van der Waals surface area contributed by atoms with Gasteiger partial charge in [0, 0.05) is 22.4 Å². The van der Waals surface area contributed by atoms with Crippen LogP contribution in [0.3, 0.4) is 0 Å². The van der Waals surface area contributed by atoms with E-state index in [1.165, 1.54) is 24.3 Å². The second-order valence-corrected chi connectivity index (χ2v) is 6.95. The first-order chi connectivity index (χ1) is 11.7. The van der Waals surface area contributed by atoms with Crippen molar-refractivity contribution in [3.8, 4) is 0 Å². The average molecular weight is 342 g/mol. The quantitative estimate of drug-likeness (QED) is 0.683. The van der Waals surface area contributed by atoms with Gasteiger partial charge in [-0.25, -0.2) is 4.39 Å². The van der Waals surface area contributed by atoms with E-state index in [9.17, 15) is 14.0 Å². The summed E-state index contributed by atoms with van der Waals surface area (Å²) in [4.78, 5) is 26.8. The number of aromatic nitrogens is 3. The molecule has 0 aliphatic rings. The molecule has 1 aromatic carbocycles. The molecule has 3 rings (SSSR count). The molecular weight excluding hydrogens is 323 g/mol. The van der Waals surface area contributed by atoms with E-state index in [0.717, 1.165) is 11.4 Å². The first-order valence-corrected chi connectivity index (χ1v) is 7.89. The Bertz CT molecular complexity index is 998. The lowest BCUT2D eigenvalue weighted by Crippen LogP contribution is -2.25. The number of hydrogen-bond donors (Lipinski definition) is 3. The van der Waals surface area contributed by atoms with Crippen molar-refractivity contribution in [2.45, 2.75) is 32.7 Å². The summed E-state index contributed by atoms with van der Waals surface area (Å²) >= 11 is 0. The van der Waals surface area contributed by atoms with Crippen molar-refractivity contribution in [1.82, 2.24) is 20.5 Å². The normalized spacial score (nSPS) is 11.7. The number of H-pyrrole nitrogens is 2. The number of carbonyl (C=O) groups is 1. The van der Waals surface area contributed by atoms with Crippen LogP contribution >= 0.6 is 0 Å². The molecule has 0 aliphatic carbocycles. The lowest BCUT2D eigenvalue weighted by atomic mass is 9.92. The van der Waals surface area contributed by atoms with E-state index in [0.29, 0.717) is 10.9 Å². The first kappa shape index (κ1) is 16.9. The van der Waals surface area contributed by atoms with Gasteiger partial charge in [-0.1, -0.05) is 20.8 Å². The summed E-state index contributed by atoms with van der Waals surface area (Å²) in [5, 5.41) is 10.2. The predicted molar refractivity (Wildman–Crippen MR) is 93.0 cm³/mol. The van der Waals surface area contributed by atoms with Gasteiger partial charge in [0.15, 0.2) is 0 Å². The Morgan fingerprint density at radius 2 is 2.00 bits per heavy atom. The molecule has 0 unspecified atom stereocenters. The fraction of sp³-hybridized carbons (Fsp3) is 0.278. The summed E-state index contributed by atoms with van der Waals surface area (Å²) in [7, 11) is 0. The minimum atomic E-state index is -0.475. The summed E-state index contributed by atoms with van der Waals surface area (Å²) in [6.07, 6.45) is 0. The van der Waals surface area contributed by atoms with E-state index in [-0.39, 0.29) is 17.5 Å². The van der Waals surface area contributed by atoms with Crippen LogP contribution in [0.2, 0.25) is 0 Å². The number of fused-ring (bicyclic) bond motifs is 1. The highest BCUT2D eigenvalue weighted by Gasteiger charge is 2.18. The van der Waals surface area contributed by atoms with Crippen molar-refractivity contribution in [3.05, 3.63) is 63.5 Å². The molecule has 25 heavy (non-hydrogen) atoms. The minimum Gasteiger partial charge on any atom is -0.346 e. The Balaban J connectivity index is 1.84. The number of carbonyl (C=O) groups excluding carboxylic acids is 1. The van der Waals surface area contributed by atoms with E-state index in [4.69, 9.17) is 0 Å². The maximum absolute atomic E-state index is 13.5. The second-order valence-electron chi connectivity index (χ2n) is 6.95. The maximum atomic E-state index is 13.5. The maximum Gasteiger partial charge on any atom is 0.252 e. The smallest absolute Gasteiger partial charge is 0.252 e. The molecule has 2 heterocycles. The highest BCUT2D eigenvalue weighted by atomic mass is 19.1. The van der Waals surface area contributed by atoms with Gasteiger partial charge < -0.3 is 10.3 Å². The number of nitrogens with one attached hydrogen (secondary N) is 3. The molecule has 130 valence electrons. The molecule has 0 aliphatic heterocycles. The zero-order valence-electron chi connectivity index (χ0n) is 14.2. The molecule has 0 saturated heterocycles. The molecular formula is C18H19FN4O2. The zero-order valence-corrected chi connectivity index (χ0v) is 14.2. The van der Waals surface area contributed by atoms with Crippen molar-refractivity contribution in [2.75, 3.05) is 0 Å². The third-order valence-electron chi connectivity index (χ3n) is 3.89. The van der Waals surface area contributed by atoms with E-state index in [1.807, 2.05) is 26.8 Å². The van der Waals surface area contributed by atoms with Crippen LogP contribution in [0.4, 0.5) is 4.39 Å². The number of aromatic amines is 2. The van der Waals surface area contributed by atoms with Crippen LogP contribution in [0.15, 0.2) is 35.1 Å². The van der Waals surface area contributed by atoms with Crippen LogP contribution in [-0.4, -0.2) is 21.1 Å². The molecule has 0 radical (unpaired) electrons. The number of nitrogens with zero attached hydrogens (tertiary/aromatic N) is 1. The summed E-state index contributed by atoms with van der Waals surface area (Å²) < 4.78 is 13.5. The second kappa shape index (κ2) is 6.16. The van der Waals surface area contributed by atoms with Crippen LogP contribution in [0, 0.1) is 5.82 Å². The van der Waals surface area contributed by atoms with Crippen molar-refractivity contribution < 1.29 is 9.18 Å². The molecule has 7 heteroatoms. The van der Waals surface area contributed by atoms with E-state index in [2.05, 4.69) is 20.5 Å². The third-order valence-corrected chi connectivity index (χ3v) is 3.89. The van der Waals surface area contributed by atoms with Crippen molar-refractivity contribution in [2.24, 2.45) is 0 Å². The number of amides is 1. The number of pyridine rings is 1. The number of hydrogen-bond acceptors (Lipinski definition) is 3. The molecule has 6 nitrogen and oxygen atoms in total. The monoisotopic (exact) mass is 342 g/mol. The SMILES string of the molecule is CC(C)(C)c1cc(CNC(=O)c2cc(=O)[nH]c3ccc(F)cc23)[nH]n1. The van der Waals surface area contributed by atoms with Gasteiger partial charge >= 0.3 is 0 Å². The van der Waals surface area contributed by atoms with Gasteiger partial charge in [0.05, 0.1) is 23.5 Å². The highest BCUT2D eigenvalue weighted by Crippen LogP contribution is 2.20. The van der Waals surface area contributed by atoms with Gasteiger partial charge in [-0.2, -0.15) is 5.10 Å². The molecule has 2 aromatic heterocycles. The van der Waals surface area contributed by atoms with Crippen molar-refractivity contribution in [3.63, 3.8) is 0 Å². The summed E-state index contributed by atoms with van der Waals surface area (Å²) in [6, 6.07) is 6.96. The molecule has 0 bridgehead atoms. The lowest BCUT2D eigenvalue weighted by molar-refractivity contribution is 0.0952. The third kappa shape index (κ3) is 3.60. The molecule has 0 fully saturated rings. The largest absolute Gasteiger partial charge is 0.346 e. The van der Waals surface area contributed by atoms with Gasteiger partial charge in [-0.05, 0) is 24.3 Å². The number of halogens is 1. The topological polar surface area (TPSA) is 90.6 Å². The van der Waals surface area contributed by atoms with Gasteiger partial charge in [0.1, 0.15) is 5.82 Å². The van der Waals surface area contributed by atoms with E-state index >= 15 is 0 Å². The zero-order chi connectivity index (χ0) is 18.2. The molecule has 1 amide bonds. The molecule has 3 N–H and O–H groups in total. The van der Waals surface area contributed by atoms with E-state index < -0.39 is 17.3 Å². The van der Waals surface area contributed by atoms with Gasteiger partial charge in [-0.3, -0.25) is 14.7 Å². The Kier molecular flexibility index (Phi) is 4.16. The van der Waals surface area contributed by atoms with Crippen LogP contribution in [-0.2, 0) is 12.0 Å².